The first kappa shape index (κ1) is 15.9. The van der Waals surface area contributed by atoms with Crippen LogP contribution in [0.5, 0.6) is 0 Å². The number of carbonyl (C=O) groups is 1. The Bertz CT molecular complexity index is 694. The summed E-state index contributed by atoms with van der Waals surface area (Å²) in [5, 5.41) is 4.64. The number of nitrogens with one attached hydrogen (secondary N) is 1. The molecule has 0 spiro atoms. The number of imidazole rings is 1. The van der Waals surface area contributed by atoms with E-state index in [1.165, 1.54) is 17.3 Å². The quantitative estimate of drug-likeness (QED) is 0.931. The first-order valence-electron chi connectivity index (χ1n) is 7.07. The first-order chi connectivity index (χ1) is 10.9. The van der Waals surface area contributed by atoms with Gasteiger partial charge in [-0.3, -0.25) is 0 Å². The van der Waals surface area contributed by atoms with Crippen molar-refractivity contribution in [3.63, 3.8) is 0 Å². The van der Waals surface area contributed by atoms with Crippen LogP contribution in [0.25, 0.3) is 0 Å². The number of nitrogens with zero attached hydrogens (tertiary/aromatic N) is 3. The van der Waals surface area contributed by atoms with Gasteiger partial charge in [0, 0.05) is 30.4 Å². The number of halogens is 3. The lowest BCUT2D eigenvalue weighted by Gasteiger charge is -2.27. The Labute approximate surface area is 134 Å². The van der Waals surface area contributed by atoms with Crippen molar-refractivity contribution >= 4 is 17.4 Å². The first-order valence-corrected chi connectivity index (χ1v) is 7.95. The van der Waals surface area contributed by atoms with Crippen LogP contribution in [0.4, 0.5) is 18.0 Å². The number of aromatic nitrogens is 2. The molecule has 1 aliphatic heterocycles. The van der Waals surface area contributed by atoms with Crippen LogP contribution in [-0.4, -0.2) is 33.2 Å². The number of rotatable bonds is 3. The number of hydrogen-bond donors (Lipinski definition) is 1. The van der Waals surface area contributed by atoms with Gasteiger partial charge in [-0.1, -0.05) is 0 Å². The minimum Gasteiger partial charge on any atom is -0.331 e. The summed E-state index contributed by atoms with van der Waals surface area (Å²) >= 11 is 1.68. The molecule has 3 heterocycles. The maximum atomic E-state index is 12.5. The van der Waals surface area contributed by atoms with Crippen molar-refractivity contribution < 1.29 is 18.0 Å². The van der Waals surface area contributed by atoms with E-state index in [0.29, 0.717) is 13.1 Å². The lowest BCUT2D eigenvalue weighted by Crippen LogP contribution is -2.42. The zero-order valence-corrected chi connectivity index (χ0v) is 13.0. The molecule has 0 saturated heterocycles. The minimum absolute atomic E-state index is 0.0328. The smallest absolute Gasteiger partial charge is 0.331 e. The molecule has 0 aromatic carbocycles. The van der Waals surface area contributed by atoms with Gasteiger partial charge in [-0.05, 0) is 23.4 Å². The van der Waals surface area contributed by atoms with Gasteiger partial charge in [-0.2, -0.15) is 13.2 Å². The second kappa shape index (κ2) is 6.23. The van der Waals surface area contributed by atoms with Crippen molar-refractivity contribution in [2.75, 3.05) is 6.54 Å². The van der Waals surface area contributed by atoms with Crippen LogP contribution in [0.3, 0.4) is 0 Å². The molecule has 0 radical (unpaired) electrons. The number of alkyl halides is 3. The highest BCUT2D eigenvalue weighted by Crippen LogP contribution is 2.24. The molecule has 2 aromatic heterocycles. The Morgan fingerprint density at radius 3 is 3.04 bits per heavy atom. The third kappa shape index (κ3) is 3.84. The molecule has 3 rings (SSSR count). The van der Waals surface area contributed by atoms with Gasteiger partial charge in [0.25, 0.3) is 0 Å². The Morgan fingerprint density at radius 2 is 2.26 bits per heavy atom. The summed E-state index contributed by atoms with van der Waals surface area (Å²) in [6.45, 7) is -0.00686. The van der Waals surface area contributed by atoms with Gasteiger partial charge >= 0.3 is 12.2 Å². The Hall–Kier alpha value is -2.03. The van der Waals surface area contributed by atoms with Crippen LogP contribution < -0.4 is 5.32 Å². The van der Waals surface area contributed by atoms with Crippen molar-refractivity contribution in [2.24, 2.45) is 0 Å². The Balaban J connectivity index is 1.57. The van der Waals surface area contributed by atoms with Gasteiger partial charge in [0.15, 0.2) is 0 Å². The van der Waals surface area contributed by atoms with Crippen molar-refractivity contribution in [3.05, 3.63) is 40.1 Å². The minimum atomic E-state index is -4.32. The van der Waals surface area contributed by atoms with E-state index in [0.717, 1.165) is 16.6 Å². The molecule has 0 aliphatic carbocycles. The summed E-state index contributed by atoms with van der Waals surface area (Å²) < 4.78 is 38.4. The largest absolute Gasteiger partial charge is 0.406 e. The van der Waals surface area contributed by atoms with E-state index in [1.807, 2.05) is 11.4 Å². The summed E-state index contributed by atoms with van der Waals surface area (Å²) in [6, 6.07) is 1.71. The highest BCUT2D eigenvalue weighted by atomic mass is 32.1. The van der Waals surface area contributed by atoms with E-state index in [1.54, 1.807) is 16.2 Å². The van der Waals surface area contributed by atoms with E-state index in [-0.39, 0.29) is 18.4 Å². The van der Waals surface area contributed by atoms with Crippen molar-refractivity contribution in [1.82, 2.24) is 19.8 Å². The van der Waals surface area contributed by atoms with Gasteiger partial charge < -0.3 is 14.8 Å². The summed E-state index contributed by atoms with van der Waals surface area (Å²) in [5.41, 5.74) is 1.13. The fraction of sp³-hybridized carbons (Fsp3) is 0.429. The topological polar surface area (TPSA) is 50.2 Å². The Morgan fingerprint density at radius 1 is 1.43 bits per heavy atom. The van der Waals surface area contributed by atoms with Gasteiger partial charge in [0.2, 0.25) is 0 Å². The van der Waals surface area contributed by atoms with E-state index < -0.39 is 12.7 Å². The summed E-state index contributed by atoms with van der Waals surface area (Å²) in [6.07, 6.45) is -0.954. The SMILES string of the molecule is O=C(NCc1nccn1CC(F)(F)F)N1CCc2sccc2C1. The van der Waals surface area contributed by atoms with Crippen molar-refractivity contribution in [3.8, 4) is 0 Å². The van der Waals surface area contributed by atoms with Crippen LogP contribution in [0.2, 0.25) is 0 Å². The van der Waals surface area contributed by atoms with Crippen LogP contribution in [0, 0.1) is 0 Å². The highest BCUT2D eigenvalue weighted by Gasteiger charge is 2.29. The molecule has 124 valence electrons. The van der Waals surface area contributed by atoms with E-state index in [2.05, 4.69) is 10.3 Å². The molecular weight excluding hydrogens is 329 g/mol. The van der Waals surface area contributed by atoms with E-state index in [4.69, 9.17) is 0 Å². The number of hydrogen-bond acceptors (Lipinski definition) is 3. The molecule has 1 aliphatic rings. The second-order valence-corrected chi connectivity index (χ2v) is 6.29. The number of fused-ring (bicyclic) bond motifs is 1. The number of carbonyl (C=O) groups excluding carboxylic acids is 1. The van der Waals surface area contributed by atoms with Crippen LogP contribution >= 0.6 is 11.3 Å². The molecular formula is C14H15F3N4OS. The van der Waals surface area contributed by atoms with E-state index in [9.17, 15) is 18.0 Å². The summed E-state index contributed by atoms with van der Waals surface area (Å²) in [4.78, 5) is 19.0. The molecule has 2 amide bonds. The molecule has 1 N–H and O–H groups in total. The van der Waals surface area contributed by atoms with Crippen LogP contribution in [0.1, 0.15) is 16.3 Å². The maximum absolute atomic E-state index is 12.5. The third-order valence-corrected chi connectivity index (χ3v) is 4.67. The molecule has 2 aromatic rings. The molecule has 0 fully saturated rings. The average molecular weight is 344 g/mol. The number of urea groups is 1. The van der Waals surface area contributed by atoms with Gasteiger partial charge in [-0.25, -0.2) is 9.78 Å². The molecule has 5 nitrogen and oxygen atoms in total. The molecule has 23 heavy (non-hydrogen) atoms. The predicted octanol–water partition coefficient (Wildman–Crippen LogP) is 2.77. The van der Waals surface area contributed by atoms with Gasteiger partial charge in [0.05, 0.1) is 6.54 Å². The second-order valence-electron chi connectivity index (χ2n) is 5.29. The highest BCUT2D eigenvalue weighted by molar-refractivity contribution is 7.10. The lowest BCUT2D eigenvalue weighted by molar-refractivity contribution is -0.141. The van der Waals surface area contributed by atoms with Crippen molar-refractivity contribution in [1.29, 1.82) is 0 Å². The third-order valence-electron chi connectivity index (χ3n) is 3.64. The van der Waals surface area contributed by atoms with Gasteiger partial charge in [0.1, 0.15) is 12.4 Å². The fourth-order valence-electron chi connectivity index (χ4n) is 2.53. The molecule has 0 saturated carbocycles. The maximum Gasteiger partial charge on any atom is 0.406 e. The standard InChI is InChI=1S/C14H15F3N4OS/c15-14(16,17)9-21-5-3-18-12(21)7-19-13(22)20-4-1-11-10(8-20)2-6-23-11/h2-3,5-6H,1,4,7-9H2,(H,19,22). The average Bonchev–Trinajstić information content (AvgIpc) is 3.11. The molecule has 0 unspecified atom stereocenters. The van der Waals surface area contributed by atoms with E-state index >= 15 is 0 Å². The van der Waals surface area contributed by atoms with Gasteiger partial charge in [-0.15, -0.1) is 11.3 Å². The van der Waals surface area contributed by atoms with Crippen molar-refractivity contribution in [2.45, 2.75) is 32.2 Å². The molecule has 9 heteroatoms. The summed E-state index contributed by atoms with van der Waals surface area (Å²) in [5.74, 6) is 0.184. The van der Waals surface area contributed by atoms with Crippen LogP contribution in [0.15, 0.2) is 23.8 Å². The monoisotopic (exact) mass is 344 g/mol. The zero-order valence-electron chi connectivity index (χ0n) is 12.1. The Kier molecular flexibility index (Phi) is 4.29. The van der Waals surface area contributed by atoms with Crippen LogP contribution in [-0.2, 0) is 26.1 Å². The molecule has 0 atom stereocenters. The number of amides is 2. The lowest BCUT2D eigenvalue weighted by atomic mass is 10.1. The fourth-order valence-corrected chi connectivity index (χ4v) is 3.42. The number of thiophene rings is 1. The normalized spacial score (nSPS) is 14.7. The summed E-state index contributed by atoms with van der Waals surface area (Å²) in [7, 11) is 0. The predicted molar refractivity (Wildman–Crippen MR) is 79.0 cm³/mol. The molecule has 0 bridgehead atoms. The zero-order chi connectivity index (χ0) is 16.4.